The first-order chi connectivity index (χ1) is 10.2. The van der Waals surface area contributed by atoms with Crippen LogP contribution in [0.25, 0.3) is 0 Å². The lowest BCUT2D eigenvalue weighted by Gasteiger charge is -2.05. The zero-order valence-corrected chi connectivity index (χ0v) is 13.3. The van der Waals surface area contributed by atoms with Gasteiger partial charge in [0.25, 0.3) is 0 Å². The van der Waals surface area contributed by atoms with Crippen LogP contribution in [-0.4, -0.2) is 21.5 Å². The standard InChI is InChI=1S/C15H30N6/c1-2-3-4-5-6-7-8-9-10-11-12-18-15-20-13(16)19-14(17)21-15/h2-12H2,1H3,(H5,16,17,18,19,20,21). The van der Waals surface area contributed by atoms with Crippen molar-refractivity contribution < 1.29 is 0 Å². The molecule has 5 N–H and O–H groups in total. The first-order valence-electron chi connectivity index (χ1n) is 8.23. The third kappa shape index (κ3) is 9.05. The van der Waals surface area contributed by atoms with E-state index >= 15 is 0 Å². The molecule has 1 rings (SSSR count). The normalized spacial score (nSPS) is 10.7. The van der Waals surface area contributed by atoms with Gasteiger partial charge in [-0.3, -0.25) is 0 Å². The van der Waals surface area contributed by atoms with Crippen LogP contribution < -0.4 is 16.8 Å². The Balaban J connectivity index is 1.93. The first kappa shape index (κ1) is 17.5. The fraction of sp³-hybridized carbons (Fsp3) is 0.800. The SMILES string of the molecule is CCCCCCCCCCCCNc1nc(N)nc(N)n1. The van der Waals surface area contributed by atoms with Crippen LogP contribution in [0.2, 0.25) is 0 Å². The molecule has 0 aliphatic carbocycles. The molecule has 0 aliphatic heterocycles. The predicted molar refractivity (Wildman–Crippen MR) is 89.0 cm³/mol. The third-order valence-electron chi connectivity index (χ3n) is 3.48. The van der Waals surface area contributed by atoms with Crippen LogP contribution in [-0.2, 0) is 0 Å². The maximum atomic E-state index is 5.51. The lowest BCUT2D eigenvalue weighted by Crippen LogP contribution is -2.10. The van der Waals surface area contributed by atoms with Crippen LogP contribution in [0.5, 0.6) is 0 Å². The average Bonchev–Trinajstić information content (AvgIpc) is 2.44. The first-order valence-corrected chi connectivity index (χ1v) is 8.23. The molecule has 0 radical (unpaired) electrons. The number of nitrogens with one attached hydrogen (secondary N) is 1. The molecule has 1 aromatic heterocycles. The summed E-state index contributed by atoms with van der Waals surface area (Å²) < 4.78 is 0. The fourth-order valence-corrected chi connectivity index (χ4v) is 2.30. The Kier molecular flexibility index (Phi) is 9.24. The molecular formula is C15H30N6. The Morgan fingerprint density at radius 2 is 1.19 bits per heavy atom. The number of unbranched alkanes of at least 4 members (excludes halogenated alkanes) is 9. The molecule has 0 bridgehead atoms. The summed E-state index contributed by atoms with van der Waals surface area (Å²) in [4.78, 5) is 11.7. The van der Waals surface area contributed by atoms with Gasteiger partial charge in [-0.15, -0.1) is 0 Å². The second-order valence-corrected chi connectivity index (χ2v) is 5.48. The minimum absolute atomic E-state index is 0.160. The van der Waals surface area contributed by atoms with E-state index < -0.39 is 0 Å². The maximum absolute atomic E-state index is 5.51. The van der Waals surface area contributed by atoms with E-state index in [0.717, 1.165) is 13.0 Å². The van der Waals surface area contributed by atoms with Crippen LogP contribution in [0.4, 0.5) is 17.8 Å². The molecule has 1 heterocycles. The lowest BCUT2D eigenvalue weighted by atomic mass is 10.1. The summed E-state index contributed by atoms with van der Waals surface area (Å²) in [6.45, 7) is 3.10. The van der Waals surface area contributed by atoms with Crippen molar-refractivity contribution in [2.45, 2.75) is 71.1 Å². The minimum Gasteiger partial charge on any atom is -0.368 e. The molecule has 0 amide bonds. The highest BCUT2D eigenvalue weighted by atomic mass is 15.2. The zero-order valence-electron chi connectivity index (χ0n) is 13.3. The smallest absolute Gasteiger partial charge is 0.229 e. The molecule has 0 aliphatic rings. The van der Waals surface area contributed by atoms with Crippen molar-refractivity contribution in [3.8, 4) is 0 Å². The van der Waals surface area contributed by atoms with Crippen molar-refractivity contribution in [3.05, 3.63) is 0 Å². The number of aromatic nitrogens is 3. The molecule has 0 atom stereocenters. The summed E-state index contributed by atoms with van der Waals surface area (Å²) in [7, 11) is 0. The van der Waals surface area contributed by atoms with Gasteiger partial charge in [-0.25, -0.2) is 0 Å². The fourth-order valence-electron chi connectivity index (χ4n) is 2.30. The zero-order chi connectivity index (χ0) is 15.3. The largest absolute Gasteiger partial charge is 0.368 e. The van der Waals surface area contributed by atoms with Gasteiger partial charge in [0.05, 0.1) is 0 Å². The van der Waals surface area contributed by atoms with Crippen molar-refractivity contribution in [2.24, 2.45) is 0 Å². The Hall–Kier alpha value is -1.59. The monoisotopic (exact) mass is 294 g/mol. The predicted octanol–water partition coefficient (Wildman–Crippen LogP) is 3.37. The van der Waals surface area contributed by atoms with E-state index in [9.17, 15) is 0 Å². The summed E-state index contributed by atoms with van der Waals surface area (Å²) in [5.41, 5.74) is 11.0. The summed E-state index contributed by atoms with van der Waals surface area (Å²) >= 11 is 0. The Morgan fingerprint density at radius 1 is 0.714 bits per heavy atom. The van der Waals surface area contributed by atoms with Gasteiger partial charge < -0.3 is 16.8 Å². The van der Waals surface area contributed by atoms with Crippen LogP contribution >= 0.6 is 0 Å². The van der Waals surface area contributed by atoms with Crippen LogP contribution in [0.3, 0.4) is 0 Å². The number of hydrogen-bond acceptors (Lipinski definition) is 6. The quantitative estimate of drug-likeness (QED) is 0.511. The number of rotatable bonds is 12. The third-order valence-corrected chi connectivity index (χ3v) is 3.48. The van der Waals surface area contributed by atoms with E-state index in [2.05, 4.69) is 27.2 Å². The Bertz CT molecular complexity index is 362. The van der Waals surface area contributed by atoms with E-state index in [1.54, 1.807) is 0 Å². The van der Waals surface area contributed by atoms with Crippen molar-refractivity contribution in [2.75, 3.05) is 23.3 Å². The molecule has 120 valence electrons. The maximum Gasteiger partial charge on any atom is 0.229 e. The van der Waals surface area contributed by atoms with E-state index in [1.165, 1.54) is 57.8 Å². The second-order valence-electron chi connectivity index (χ2n) is 5.48. The lowest BCUT2D eigenvalue weighted by molar-refractivity contribution is 0.559. The van der Waals surface area contributed by atoms with Crippen molar-refractivity contribution in [1.82, 2.24) is 15.0 Å². The molecular weight excluding hydrogens is 264 g/mol. The van der Waals surface area contributed by atoms with Gasteiger partial charge in [0, 0.05) is 6.54 Å². The van der Waals surface area contributed by atoms with Crippen molar-refractivity contribution in [3.63, 3.8) is 0 Å². The number of nitrogen functional groups attached to an aromatic ring is 2. The topological polar surface area (TPSA) is 103 Å². The minimum atomic E-state index is 0.160. The van der Waals surface area contributed by atoms with Gasteiger partial charge in [-0.2, -0.15) is 15.0 Å². The molecule has 6 nitrogen and oxygen atoms in total. The Labute approximate surface area is 128 Å². The molecule has 0 saturated carbocycles. The van der Waals surface area contributed by atoms with Crippen molar-refractivity contribution >= 4 is 17.8 Å². The van der Waals surface area contributed by atoms with E-state index in [4.69, 9.17) is 11.5 Å². The van der Waals surface area contributed by atoms with E-state index in [0.29, 0.717) is 5.95 Å². The molecule has 21 heavy (non-hydrogen) atoms. The number of hydrogen-bond donors (Lipinski definition) is 3. The molecule has 6 heteroatoms. The van der Waals surface area contributed by atoms with Gasteiger partial charge in [0.2, 0.25) is 17.8 Å². The van der Waals surface area contributed by atoms with Crippen LogP contribution in [0.15, 0.2) is 0 Å². The second kappa shape index (κ2) is 11.1. The highest BCUT2D eigenvalue weighted by Gasteiger charge is 2.00. The van der Waals surface area contributed by atoms with Gasteiger partial charge >= 0.3 is 0 Å². The molecule has 0 saturated heterocycles. The van der Waals surface area contributed by atoms with Gasteiger partial charge in [-0.1, -0.05) is 64.7 Å². The van der Waals surface area contributed by atoms with Crippen LogP contribution in [0, 0.1) is 0 Å². The van der Waals surface area contributed by atoms with E-state index in [-0.39, 0.29) is 11.9 Å². The number of anilines is 3. The highest BCUT2D eigenvalue weighted by molar-refractivity contribution is 5.36. The molecule has 0 spiro atoms. The molecule has 0 aromatic carbocycles. The summed E-state index contributed by atoms with van der Waals surface area (Å²) in [5.74, 6) is 0.789. The summed E-state index contributed by atoms with van der Waals surface area (Å²) in [6, 6.07) is 0. The molecule has 0 unspecified atom stereocenters. The van der Waals surface area contributed by atoms with Gasteiger partial charge in [0.1, 0.15) is 0 Å². The summed E-state index contributed by atoms with van der Waals surface area (Å²) in [5, 5.41) is 3.13. The molecule has 1 aromatic rings. The average molecular weight is 294 g/mol. The van der Waals surface area contributed by atoms with Gasteiger partial charge in [0.15, 0.2) is 0 Å². The van der Waals surface area contributed by atoms with Crippen molar-refractivity contribution in [1.29, 1.82) is 0 Å². The van der Waals surface area contributed by atoms with Gasteiger partial charge in [-0.05, 0) is 6.42 Å². The summed E-state index contributed by atoms with van der Waals surface area (Å²) in [6.07, 6.45) is 13.3. The highest BCUT2D eigenvalue weighted by Crippen LogP contribution is 2.10. The van der Waals surface area contributed by atoms with Crippen LogP contribution in [0.1, 0.15) is 71.1 Å². The Morgan fingerprint density at radius 3 is 1.71 bits per heavy atom. The number of nitrogens with two attached hydrogens (primary N) is 2. The molecule has 0 fully saturated rings. The van der Waals surface area contributed by atoms with E-state index in [1.807, 2.05) is 0 Å². The number of nitrogens with zero attached hydrogens (tertiary/aromatic N) is 3.